The van der Waals surface area contributed by atoms with Crippen molar-refractivity contribution in [2.75, 3.05) is 34.8 Å². The summed E-state index contributed by atoms with van der Waals surface area (Å²) in [6, 6.07) is 7.87. The van der Waals surface area contributed by atoms with Gasteiger partial charge in [0.05, 0.1) is 19.0 Å². The number of amides is 1. The molecule has 2 N–H and O–H groups in total. The summed E-state index contributed by atoms with van der Waals surface area (Å²) >= 11 is 0. The molecule has 1 aliphatic heterocycles. The van der Waals surface area contributed by atoms with E-state index in [-0.39, 0.29) is 35.8 Å². The number of sulfonamides is 1. The summed E-state index contributed by atoms with van der Waals surface area (Å²) in [6.07, 6.45) is 5.68. The summed E-state index contributed by atoms with van der Waals surface area (Å²) in [5.74, 6) is 0.688. The first kappa shape index (κ1) is 28.5. The van der Waals surface area contributed by atoms with Gasteiger partial charge in [-0.2, -0.15) is 10.2 Å². The van der Waals surface area contributed by atoms with Crippen LogP contribution in [-0.2, 0) is 34.3 Å². The number of nitriles is 1. The molecular weight excluding hydrogens is 534 g/mol. The average molecular weight is 566 g/mol. The monoisotopic (exact) mass is 565 g/mol. The van der Waals surface area contributed by atoms with Gasteiger partial charge in [0.25, 0.3) is 0 Å². The van der Waals surface area contributed by atoms with Crippen LogP contribution < -0.4 is 14.9 Å². The largest absolute Gasteiger partial charge is 0.444 e. The fourth-order valence-electron chi connectivity index (χ4n) is 3.97. The van der Waals surface area contributed by atoms with Gasteiger partial charge >= 0.3 is 6.09 Å². The molecule has 2 aromatic heterocycles. The summed E-state index contributed by atoms with van der Waals surface area (Å²) < 4.78 is 30.5. The molecule has 0 saturated heterocycles. The SMILES string of the molecule is CN(c1nccnc1CNc1nc(Nc2ccc3c(c2)CCN(C(=O)OC(C)(C)C)C3)ncc1C#N)S(C)(=O)=O. The van der Waals surface area contributed by atoms with Crippen LogP contribution >= 0.6 is 0 Å². The second-order valence-corrected chi connectivity index (χ2v) is 12.3. The Bertz CT molecular complexity index is 1570. The van der Waals surface area contributed by atoms with Crippen molar-refractivity contribution < 1.29 is 17.9 Å². The topological polar surface area (TPSA) is 166 Å². The smallest absolute Gasteiger partial charge is 0.410 e. The molecule has 210 valence electrons. The van der Waals surface area contributed by atoms with E-state index in [2.05, 4.69) is 36.6 Å². The van der Waals surface area contributed by atoms with Gasteiger partial charge in [0.15, 0.2) is 5.82 Å². The zero-order valence-corrected chi connectivity index (χ0v) is 23.8. The van der Waals surface area contributed by atoms with E-state index in [1.165, 1.54) is 25.6 Å². The van der Waals surface area contributed by atoms with Gasteiger partial charge in [-0.05, 0) is 50.5 Å². The van der Waals surface area contributed by atoms with Crippen LogP contribution in [0, 0.1) is 11.3 Å². The van der Waals surface area contributed by atoms with E-state index in [4.69, 9.17) is 4.74 Å². The van der Waals surface area contributed by atoms with Crippen LogP contribution in [0.1, 0.15) is 43.2 Å². The molecule has 0 unspecified atom stereocenters. The number of hydrogen-bond acceptors (Lipinski definition) is 11. The number of hydrogen-bond donors (Lipinski definition) is 2. The molecule has 0 radical (unpaired) electrons. The summed E-state index contributed by atoms with van der Waals surface area (Å²) in [6.45, 7) is 6.62. The fraction of sp³-hybridized carbons (Fsp3) is 0.385. The van der Waals surface area contributed by atoms with Crippen molar-refractivity contribution in [3.63, 3.8) is 0 Å². The Kier molecular flexibility index (Phi) is 8.06. The lowest BCUT2D eigenvalue weighted by atomic mass is 9.99. The molecule has 3 aromatic rings. The molecule has 14 heteroatoms. The van der Waals surface area contributed by atoms with Crippen molar-refractivity contribution >= 4 is 39.4 Å². The van der Waals surface area contributed by atoms with Crippen LogP contribution in [0.15, 0.2) is 36.8 Å². The quantitative estimate of drug-likeness (QED) is 0.432. The van der Waals surface area contributed by atoms with E-state index in [0.717, 1.165) is 27.4 Å². The van der Waals surface area contributed by atoms with Crippen molar-refractivity contribution in [2.24, 2.45) is 0 Å². The Morgan fingerprint density at radius 2 is 1.95 bits per heavy atom. The lowest BCUT2D eigenvalue weighted by Gasteiger charge is -2.31. The Hall–Kier alpha value is -4.51. The number of ether oxygens (including phenoxy) is 1. The Labute approximate surface area is 233 Å². The molecule has 1 aromatic carbocycles. The number of nitrogens with one attached hydrogen (secondary N) is 2. The molecule has 13 nitrogen and oxygen atoms in total. The Morgan fingerprint density at radius 1 is 1.20 bits per heavy atom. The predicted molar refractivity (Wildman–Crippen MR) is 149 cm³/mol. The zero-order valence-electron chi connectivity index (χ0n) is 23.0. The Morgan fingerprint density at radius 3 is 2.65 bits per heavy atom. The van der Waals surface area contributed by atoms with Gasteiger partial charge in [0, 0.05) is 38.2 Å². The number of carbonyl (C=O) groups is 1. The maximum Gasteiger partial charge on any atom is 0.410 e. The number of nitrogens with zero attached hydrogens (tertiary/aromatic N) is 7. The highest BCUT2D eigenvalue weighted by Gasteiger charge is 2.26. The van der Waals surface area contributed by atoms with Crippen LogP contribution in [0.4, 0.5) is 28.1 Å². The third-order valence-corrected chi connectivity index (χ3v) is 7.17. The minimum absolute atomic E-state index is 0.0706. The van der Waals surface area contributed by atoms with Gasteiger partial charge in [0.1, 0.15) is 28.7 Å². The van der Waals surface area contributed by atoms with Crippen LogP contribution in [0.5, 0.6) is 0 Å². The van der Waals surface area contributed by atoms with E-state index in [1.54, 1.807) is 4.90 Å². The van der Waals surface area contributed by atoms with Crippen LogP contribution in [0.25, 0.3) is 0 Å². The van der Waals surface area contributed by atoms with Gasteiger partial charge in [0.2, 0.25) is 16.0 Å². The first-order chi connectivity index (χ1) is 18.8. The second kappa shape index (κ2) is 11.3. The number of anilines is 4. The van der Waals surface area contributed by atoms with Gasteiger partial charge in [-0.1, -0.05) is 6.07 Å². The summed E-state index contributed by atoms with van der Waals surface area (Å²) in [5, 5.41) is 15.8. The number of fused-ring (bicyclic) bond motifs is 1. The zero-order chi connectivity index (χ0) is 29.1. The van der Waals surface area contributed by atoms with E-state index >= 15 is 0 Å². The standard InChI is InChI=1S/C26H31N9O4S/c1-26(2,3)39-25(36)35-11-8-17-12-20(7-6-18(17)16-35)32-24-31-14-19(13-27)22(33-24)30-15-21-23(29-10-9-28-21)34(4)40(5,37)38/h6-7,9-10,12,14H,8,11,15-16H2,1-5H3,(H2,30,31,32,33). The molecule has 0 saturated carbocycles. The fourth-order valence-corrected chi connectivity index (χ4v) is 4.44. The van der Waals surface area contributed by atoms with Gasteiger partial charge in [-0.15, -0.1) is 0 Å². The van der Waals surface area contributed by atoms with Crippen molar-refractivity contribution in [3.8, 4) is 6.07 Å². The van der Waals surface area contributed by atoms with Gasteiger partial charge in [-0.3, -0.25) is 9.29 Å². The van der Waals surface area contributed by atoms with Crippen LogP contribution in [0.3, 0.4) is 0 Å². The van der Waals surface area contributed by atoms with Crippen molar-refractivity contribution in [1.29, 1.82) is 5.26 Å². The molecule has 3 heterocycles. The number of aromatic nitrogens is 4. The summed E-state index contributed by atoms with van der Waals surface area (Å²) in [5.41, 5.74) is 2.91. The summed E-state index contributed by atoms with van der Waals surface area (Å²) in [7, 11) is -2.15. The predicted octanol–water partition coefficient (Wildman–Crippen LogP) is 3.18. The average Bonchev–Trinajstić information content (AvgIpc) is 2.90. The van der Waals surface area contributed by atoms with E-state index in [0.29, 0.717) is 25.2 Å². The van der Waals surface area contributed by atoms with Crippen molar-refractivity contribution in [1.82, 2.24) is 24.8 Å². The molecule has 0 atom stereocenters. The van der Waals surface area contributed by atoms with E-state index < -0.39 is 15.6 Å². The maximum absolute atomic E-state index is 12.5. The third kappa shape index (κ3) is 6.92. The van der Waals surface area contributed by atoms with Crippen molar-refractivity contribution in [3.05, 3.63) is 59.2 Å². The molecule has 4 rings (SSSR count). The first-order valence-corrected chi connectivity index (χ1v) is 14.3. The first-order valence-electron chi connectivity index (χ1n) is 12.5. The van der Waals surface area contributed by atoms with Gasteiger partial charge < -0.3 is 20.3 Å². The molecule has 1 amide bonds. The van der Waals surface area contributed by atoms with E-state index in [9.17, 15) is 18.5 Å². The molecule has 0 fully saturated rings. The number of carbonyl (C=O) groups excluding carboxylic acids is 1. The molecule has 40 heavy (non-hydrogen) atoms. The normalized spacial score (nSPS) is 13.2. The van der Waals surface area contributed by atoms with Gasteiger partial charge in [-0.25, -0.2) is 23.2 Å². The number of benzene rings is 1. The molecular formula is C26H31N9O4S. The van der Waals surface area contributed by atoms with Crippen LogP contribution in [0.2, 0.25) is 0 Å². The van der Waals surface area contributed by atoms with Crippen molar-refractivity contribution in [2.45, 2.75) is 45.9 Å². The minimum Gasteiger partial charge on any atom is -0.444 e. The van der Waals surface area contributed by atoms with Crippen LogP contribution in [-0.4, -0.2) is 64.8 Å². The minimum atomic E-state index is -3.55. The lowest BCUT2D eigenvalue weighted by Crippen LogP contribution is -2.39. The highest BCUT2D eigenvalue weighted by molar-refractivity contribution is 7.92. The Balaban J connectivity index is 1.48. The molecule has 0 aliphatic carbocycles. The molecule has 1 aliphatic rings. The second-order valence-electron chi connectivity index (χ2n) is 10.2. The third-order valence-electron chi connectivity index (χ3n) is 6.01. The highest BCUT2D eigenvalue weighted by atomic mass is 32.2. The van der Waals surface area contributed by atoms with E-state index in [1.807, 2.05) is 39.0 Å². The molecule has 0 spiro atoms. The highest BCUT2D eigenvalue weighted by Crippen LogP contribution is 2.26. The number of rotatable bonds is 7. The summed E-state index contributed by atoms with van der Waals surface area (Å²) in [4.78, 5) is 31.2. The molecule has 0 bridgehead atoms. The lowest BCUT2D eigenvalue weighted by molar-refractivity contribution is 0.0224. The maximum atomic E-state index is 12.5.